The molecular formula is C6H7NOS. The highest BCUT2D eigenvalue weighted by atomic mass is 32.2. The first-order chi connectivity index (χ1) is 4.30. The zero-order chi connectivity index (χ0) is 6.43. The normalized spacial score (nSPS) is 44.7. The molecule has 3 unspecified atom stereocenters. The van der Waals surface area contributed by atoms with E-state index in [1.165, 1.54) is 0 Å². The van der Waals surface area contributed by atoms with Gasteiger partial charge in [-0.15, -0.1) is 11.8 Å². The highest BCUT2D eigenvalue weighted by Crippen LogP contribution is 2.54. The van der Waals surface area contributed by atoms with Gasteiger partial charge in [-0.2, -0.15) is 0 Å². The number of primary amides is 1. The lowest BCUT2D eigenvalue weighted by Gasteiger charge is -1.89. The number of hydrogen-bond acceptors (Lipinski definition) is 2. The molecule has 0 aromatic heterocycles. The highest BCUT2D eigenvalue weighted by molar-refractivity contribution is 8.03. The maximum Gasteiger partial charge on any atom is 0.222 e. The van der Waals surface area contributed by atoms with Crippen molar-refractivity contribution in [2.24, 2.45) is 17.6 Å². The molecule has 2 aliphatic rings. The second kappa shape index (κ2) is 1.53. The summed E-state index contributed by atoms with van der Waals surface area (Å²) in [7, 11) is 0. The van der Waals surface area contributed by atoms with Crippen molar-refractivity contribution in [3.8, 4) is 0 Å². The molecule has 2 N–H and O–H groups in total. The van der Waals surface area contributed by atoms with Gasteiger partial charge in [-0.25, -0.2) is 0 Å². The second-order valence-electron chi connectivity index (χ2n) is 2.43. The van der Waals surface area contributed by atoms with Gasteiger partial charge in [0.15, 0.2) is 0 Å². The minimum atomic E-state index is -0.137. The molecule has 0 aromatic rings. The Hall–Kier alpha value is -0.440. The first kappa shape index (κ1) is 5.35. The number of nitrogens with two attached hydrogens (primary N) is 1. The van der Waals surface area contributed by atoms with Crippen molar-refractivity contribution < 1.29 is 4.79 Å². The van der Waals surface area contributed by atoms with E-state index < -0.39 is 0 Å². The van der Waals surface area contributed by atoms with E-state index in [9.17, 15) is 4.79 Å². The Morgan fingerprint density at radius 1 is 1.67 bits per heavy atom. The van der Waals surface area contributed by atoms with E-state index in [-0.39, 0.29) is 11.8 Å². The summed E-state index contributed by atoms with van der Waals surface area (Å²) in [6, 6.07) is 0. The monoisotopic (exact) mass is 141 g/mol. The molecule has 3 atom stereocenters. The highest BCUT2D eigenvalue weighted by Gasteiger charge is 2.54. The standard InChI is InChI=1S/C6H7NOS/c7-6(8)4-3-1-2-9-5(3)4/h1-5H,(H2,7,8). The first-order valence-corrected chi connectivity index (χ1v) is 3.86. The quantitative estimate of drug-likeness (QED) is 0.572. The number of thioether (sulfide) groups is 1. The summed E-state index contributed by atoms with van der Waals surface area (Å²) >= 11 is 1.73. The fraction of sp³-hybridized carbons (Fsp3) is 0.500. The van der Waals surface area contributed by atoms with Crippen LogP contribution < -0.4 is 5.73 Å². The topological polar surface area (TPSA) is 43.1 Å². The maximum atomic E-state index is 10.6. The molecule has 1 amide bonds. The van der Waals surface area contributed by atoms with Crippen LogP contribution in [-0.4, -0.2) is 11.2 Å². The molecule has 2 rings (SSSR count). The molecule has 0 aromatic carbocycles. The van der Waals surface area contributed by atoms with Gasteiger partial charge >= 0.3 is 0 Å². The van der Waals surface area contributed by atoms with Crippen LogP contribution in [0, 0.1) is 11.8 Å². The van der Waals surface area contributed by atoms with Gasteiger partial charge in [0, 0.05) is 11.2 Å². The van der Waals surface area contributed by atoms with Crippen LogP contribution in [0.2, 0.25) is 0 Å². The predicted molar refractivity (Wildman–Crippen MR) is 36.7 cm³/mol. The Kier molecular flexibility index (Phi) is 0.913. The Morgan fingerprint density at radius 3 is 2.78 bits per heavy atom. The number of carbonyl (C=O) groups excluding carboxylic acids is 1. The molecule has 1 fully saturated rings. The molecule has 0 saturated heterocycles. The molecule has 1 saturated carbocycles. The third-order valence-electron chi connectivity index (χ3n) is 1.87. The third-order valence-corrected chi connectivity index (χ3v) is 3.11. The number of hydrogen-bond donors (Lipinski definition) is 1. The van der Waals surface area contributed by atoms with Crippen molar-refractivity contribution in [1.82, 2.24) is 0 Å². The number of fused-ring (bicyclic) bond motifs is 1. The van der Waals surface area contributed by atoms with E-state index in [2.05, 4.69) is 11.5 Å². The second-order valence-corrected chi connectivity index (χ2v) is 3.52. The van der Waals surface area contributed by atoms with Crippen molar-refractivity contribution >= 4 is 17.7 Å². The SMILES string of the molecule is NC(=O)C1C2C=CSC21. The average Bonchev–Trinajstić information content (AvgIpc) is 2.30. The van der Waals surface area contributed by atoms with Gasteiger partial charge in [0.1, 0.15) is 0 Å². The number of rotatable bonds is 1. The molecule has 48 valence electrons. The lowest BCUT2D eigenvalue weighted by atomic mass is 10.3. The minimum Gasteiger partial charge on any atom is -0.369 e. The third kappa shape index (κ3) is 0.611. The maximum absolute atomic E-state index is 10.6. The molecule has 0 radical (unpaired) electrons. The van der Waals surface area contributed by atoms with Crippen LogP contribution in [0.15, 0.2) is 11.5 Å². The lowest BCUT2D eigenvalue weighted by Crippen LogP contribution is -2.15. The fourth-order valence-electron chi connectivity index (χ4n) is 1.29. The van der Waals surface area contributed by atoms with Crippen LogP contribution in [0.3, 0.4) is 0 Å². The number of allylic oxidation sites excluding steroid dienone is 1. The lowest BCUT2D eigenvalue weighted by molar-refractivity contribution is -0.119. The van der Waals surface area contributed by atoms with Gasteiger partial charge in [-0.3, -0.25) is 4.79 Å². The molecule has 1 aliphatic carbocycles. The van der Waals surface area contributed by atoms with Crippen LogP contribution in [0.4, 0.5) is 0 Å². The van der Waals surface area contributed by atoms with Crippen LogP contribution >= 0.6 is 11.8 Å². The zero-order valence-corrected chi connectivity index (χ0v) is 5.60. The van der Waals surface area contributed by atoms with Gasteiger partial charge in [0.05, 0.1) is 5.92 Å². The average molecular weight is 141 g/mol. The van der Waals surface area contributed by atoms with Crippen molar-refractivity contribution in [2.75, 3.05) is 0 Å². The summed E-state index contributed by atoms with van der Waals surface area (Å²) in [6.45, 7) is 0. The Balaban J connectivity index is 2.10. The van der Waals surface area contributed by atoms with Gasteiger partial charge in [-0.05, 0) is 5.41 Å². The largest absolute Gasteiger partial charge is 0.369 e. The molecule has 1 aliphatic heterocycles. The van der Waals surface area contributed by atoms with Crippen molar-refractivity contribution in [2.45, 2.75) is 5.25 Å². The summed E-state index contributed by atoms with van der Waals surface area (Å²) in [5.41, 5.74) is 5.10. The van der Waals surface area contributed by atoms with Gasteiger partial charge in [0.25, 0.3) is 0 Å². The van der Waals surface area contributed by atoms with Gasteiger partial charge in [0.2, 0.25) is 5.91 Å². The van der Waals surface area contributed by atoms with Crippen LogP contribution in [-0.2, 0) is 4.79 Å². The molecule has 0 bridgehead atoms. The van der Waals surface area contributed by atoms with Crippen LogP contribution in [0.1, 0.15) is 0 Å². The molecule has 2 nitrogen and oxygen atoms in total. The van der Waals surface area contributed by atoms with Crippen molar-refractivity contribution in [3.05, 3.63) is 11.5 Å². The molecule has 1 heterocycles. The van der Waals surface area contributed by atoms with E-state index in [4.69, 9.17) is 5.73 Å². The van der Waals surface area contributed by atoms with Crippen molar-refractivity contribution in [1.29, 1.82) is 0 Å². The summed E-state index contributed by atoms with van der Waals surface area (Å²) in [4.78, 5) is 10.6. The van der Waals surface area contributed by atoms with Crippen molar-refractivity contribution in [3.63, 3.8) is 0 Å². The van der Waals surface area contributed by atoms with E-state index in [0.29, 0.717) is 11.2 Å². The minimum absolute atomic E-state index is 0.137. The fourth-order valence-corrected chi connectivity index (χ4v) is 2.58. The summed E-state index contributed by atoms with van der Waals surface area (Å²) in [5, 5.41) is 2.55. The Bertz CT molecular complexity index is 189. The summed E-state index contributed by atoms with van der Waals surface area (Å²) in [5.74, 6) is 0.495. The summed E-state index contributed by atoms with van der Waals surface area (Å²) < 4.78 is 0. The van der Waals surface area contributed by atoms with Crippen LogP contribution in [0.5, 0.6) is 0 Å². The van der Waals surface area contributed by atoms with E-state index in [1.54, 1.807) is 11.8 Å². The molecule has 0 spiro atoms. The first-order valence-electron chi connectivity index (χ1n) is 2.92. The zero-order valence-electron chi connectivity index (χ0n) is 4.78. The number of carbonyl (C=O) groups is 1. The number of amides is 1. The van der Waals surface area contributed by atoms with E-state index in [1.807, 2.05) is 0 Å². The van der Waals surface area contributed by atoms with E-state index in [0.717, 1.165) is 0 Å². The van der Waals surface area contributed by atoms with E-state index >= 15 is 0 Å². The Morgan fingerprint density at radius 2 is 2.44 bits per heavy atom. The predicted octanol–water partition coefficient (Wildman–Crippen LogP) is 0.347. The molecule has 9 heavy (non-hydrogen) atoms. The van der Waals surface area contributed by atoms with Gasteiger partial charge in [-0.1, -0.05) is 6.08 Å². The van der Waals surface area contributed by atoms with Crippen LogP contribution in [0.25, 0.3) is 0 Å². The smallest absolute Gasteiger partial charge is 0.222 e. The molecular weight excluding hydrogens is 134 g/mol. The summed E-state index contributed by atoms with van der Waals surface area (Å²) in [6.07, 6.45) is 2.07. The van der Waals surface area contributed by atoms with Gasteiger partial charge < -0.3 is 5.73 Å². The Labute approximate surface area is 57.5 Å². The molecule has 3 heteroatoms.